The van der Waals surface area contributed by atoms with Crippen LogP contribution < -0.4 is 10.5 Å². The highest BCUT2D eigenvalue weighted by atomic mass is 32.2. The highest BCUT2D eigenvalue weighted by molar-refractivity contribution is 7.89. The molecule has 3 rings (SSSR count). The summed E-state index contributed by atoms with van der Waals surface area (Å²) in [7, 11) is -3.50. The normalized spacial score (nSPS) is 16.8. The number of H-pyrrole nitrogens is 1. The van der Waals surface area contributed by atoms with Crippen LogP contribution in [0.1, 0.15) is 12.8 Å². The monoisotopic (exact) mass is 308 g/mol. The second-order valence-corrected chi connectivity index (χ2v) is 7.14. The molecule has 1 aliphatic rings. The van der Waals surface area contributed by atoms with Crippen molar-refractivity contribution >= 4 is 26.6 Å². The molecule has 1 fully saturated rings. The first-order valence-electron chi connectivity index (χ1n) is 7.15. The largest absolute Gasteiger partial charge is 0.399 e. The lowest BCUT2D eigenvalue weighted by atomic mass is 10.2. The van der Waals surface area contributed by atoms with Crippen molar-refractivity contribution in [3.63, 3.8) is 0 Å². The van der Waals surface area contributed by atoms with Gasteiger partial charge in [-0.3, -0.25) is 0 Å². The molecule has 0 amide bonds. The van der Waals surface area contributed by atoms with E-state index in [1.54, 1.807) is 18.2 Å². The van der Waals surface area contributed by atoms with Crippen molar-refractivity contribution in [2.75, 3.05) is 31.9 Å². The summed E-state index contributed by atoms with van der Waals surface area (Å²) in [6, 6.07) is 5.17. The molecule has 4 N–H and O–H groups in total. The lowest BCUT2D eigenvalue weighted by Crippen LogP contribution is -2.33. The second kappa shape index (κ2) is 5.67. The number of rotatable bonds is 5. The van der Waals surface area contributed by atoms with E-state index in [1.165, 1.54) is 19.0 Å². The minimum atomic E-state index is -3.50. The lowest BCUT2D eigenvalue weighted by Gasteiger charge is -2.14. The third-order valence-electron chi connectivity index (χ3n) is 3.88. The molecule has 1 aliphatic heterocycles. The predicted molar refractivity (Wildman–Crippen MR) is 83.6 cm³/mol. The summed E-state index contributed by atoms with van der Waals surface area (Å²) in [6.07, 6.45) is 3.93. The molecule has 0 radical (unpaired) electrons. The Kier molecular flexibility index (Phi) is 3.88. The first kappa shape index (κ1) is 14.4. The summed E-state index contributed by atoms with van der Waals surface area (Å²) in [5, 5.41) is 0.665. The van der Waals surface area contributed by atoms with E-state index in [0.717, 1.165) is 25.2 Å². The molecule has 0 bridgehead atoms. The van der Waals surface area contributed by atoms with Crippen molar-refractivity contribution in [3.05, 3.63) is 24.4 Å². The van der Waals surface area contributed by atoms with Gasteiger partial charge in [0, 0.05) is 35.9 Å². The summed E-state index contributed by atoms with van der Waals surface area (Å²) < 4.78 is 27.4. The van der Waals surface area contributed by atoms with Crippen molar-refractivity contribution in [3.8, 4) is 0 Å². The Labute approximate surface area is 124 Å². The molecular formula is C14H20N4O2S. The summed E-state index contributed by atoms with van der Waals surface area (Å²) in [4.78, 5) is 5.51. The molecule has 21 heavy (non-hydrogen) atoms. The van der Waals surface area contributed by atoms with E-state index in [2.05, 4.69) is 14.6 Å². The molecule has 1 aromatic heterocycles. The van der Waals surface area contributed by atoms with E-state index in [-0.39, 0.29) is 4.90 Å². The SMILES string of the molecule is Nc1ccc2c(S(=O)(=O)NCCN3CCCC3)c[nH]c2c1. The number of likely N-dealkylation sites (tertiary alicyclic amines) is 1. The number of anilines is 1. The molecule has 0 atom stereocenters. The van der Waals surface area contributed by atoms with Gasteiger partial charge in [-0.1, -0.05) is 0 Å². The van der Waals surface area contributed by atoms with Gasteiger partial charge in [-0.25, -0.2) is 13.1 Å². The van der Waals surface area contributed by atoms with Gasteiger partial charge in [0.05, 0.1) is 0 Å². The van der Waals surface area contributed by atoms with Gasteiger partial charge in [0.15, 0.2) is 0 Å². The van der Waals surface area contributed by atoms with E-state index < -0.39 is 10.0 Å². The van der Waals surface area contributed by atoms with Gasteiger partial charge in [-0.05, 0) is 44.1 Å². The van der Waals surface area contributed by atoms with E-state index in [1.807, 2.05) is 0 Å². The van der Waals surface area contributed by atoms with Crippen LogP contribution in [0.4, 0.5) is 5.69 Å². The van der Waals surface area contributed by atoms with Crippen LogP contribution in [0, 0.1) is 0 Å². The molecular weight excluding hydrogens is 288 g/mol. The van der Waals surface area contributed by atoms with Crippen molar-refractivity contribution in [2.45, 2.75) is 17.7 Å². The summed E-state index contributed by atoms with van der Waals surface area (Å²) in [5.74, 6) is 0. The molecule has 0 aliphatic carbocycles. The third kappa shape index (κ3) is 3.04. The maximum atomic E-state index is 12.4. The number of sulfonamides is 1. The third-order valence-corrected chi connectivity index (χ3v) is 5.38. The molecule has 0 unspecified atom stereocenters. The van der Waals surface area contributed by atoms with Crippen LogP contribution >= 0.6 is 0 Å². The van der Waals surface area contributed by atoms with Gasteiger partial charge in [0.25, 0.3) is 0 Å². The minimum Gasteiger partial charge on any atom is -0.399 e. The number of hydrogen-bond acceptors (Lipinski definition) is 4. The number of fused-ring (bicyclic) bond motifs is 1. The molecule has 1 saturated heterocycles. The van der Waals surface area contributed by atoms with Crippen LogP contribution in [0.25, 0.3) is 10.9 Å². The van der Waals surface area contributed by atoms with Gasteiger partial charge in [-0.2, -0.15) is 0 Å². The van der Waals surface area contributed by atoms with Crippen LogP contribution in [-0.2, 0) is 10.0 Å². The van der Waals surface area contributed by atoms with Crippen LogP contribution in [-0.4, -0.2) is 44.5 Å². The Morgan fingerprint density at radius 1 is 1.29 bits per heavy atom. The Hall–Kier alpha value is -1.57. The zero-order valence-corrected chi connectivity index (χ0v) is 12.6. The highest BCUT2D eigenvalue weighted by Crippen LogP contribution is 2.24. The molecule has 0 saturated carbocycles. The fourth-order valence-electron chi connectivity index (χ4n) is 2.76. The van der Waals surface area contributed by atoms with Crippen LogP contribution in [0.15, 0.2) is 29.3 Å². The quantitative estimate of drug-likeness (QED) is 0.722. The van der Waals surface area contributed by atoms with Gasteiger partial charge in [0.1, 0.15) is 4.90 Å². The maximum absolute atomic E-state index is 12.4. The highest BCUT2D eigenvalue weighted by Gasteiger charge is 2.19. The fourth-order valence-corrected chi connectivity index (χ4v) is 3.96. The van der Waals surface area contributed by atoms with Crippen molar-refractivity contribution in [1.29, 1.82) is 0 Å². The average Bonchev–Trinajstić information content (AvgIpc) is 3.06. The Bertz CT molecular complexity index is 733. The zero-order valence-electron chi connectivity index (χ0n) is 11.8. The van der Waals surface area contributed by atoms with Gasteiger partial charge < -0.3 is 15.6 Å². The van der Waals surface area contributed by atoms with Crippen molar-refractivity contribution < 1.29 is 8.42 Å². The Balaban J connectivity index is 1.73. The molecule has 114 valence electrons. The number of nitrogen functional groups attached to an aromatic ring is 1. The number of nitrogens with two attached hydrogens (primary N) is 1. The predicted octanol–water partition coefficient (Wildman–Crippen LogP) is 1.12. The standard InChI is InChI=1S/C14H20N4O2S/c15-11-3-4-12-13(9-11)16-10-14(12)21(19,20)17-5-8-18-6-1-2-7-18/h3-4,9-10,16-17H,1-2,5-8,15H2. The van der Waals surface area contributed by atoms with Crippen LogP contribution in [0.3, 0.4) is 0 Å². The topological polar surface area (TPSA) is 91.2 Å². The summed E-state index contributed by atoms with van der Waals surface area (Å²) in [5.41, 5.74) is 7.04. The van der Waals surface area contributed by atoms with E-state index in [9.17, 15) is 8.42 Å². The van der Waals surface area contributed by atoms with Crippen molar-refractivity contribution in [2.24, 2.45) is 0 Å². The fraction of sp³-hybridized carbons (Fsp3) is 0.429. The Morgan fingerprint density at radius 2 is 2.05 bits per heavy atom. The maximum Gasteiger partial charge on any atom is 0.242 e. The first-order valence-corrected chi connectivity index (χ1v) is 8.63. The van der Waals surface area contributed by atoms with E-state index in [4.69, 9.17) is 5.73 Å². The number of nitrogens with one attached hydrogen (secondary N) is 2. The number of benzene rings is 1. The van der Waals surface area contributed by atoms with E-state index >= 15 is 0 Å². The molecule has 1 aromatic carbocycles. The smallest absolute Gasteiger partial charge is 0.242 e. The summed E-state index contributed by atoms with van der Waals surface area (Å²) >= 11 is 0. The second-order valence-electron chi connectivity index (χ2n) is 5.40. The van der Waals surface area contributed by atoms with E-state index in [0.29, 0.717) is 17.6 Å². The van der Waals surface area contributed by atoms with Gasteiger partial charge in [0.2, 0.25) is 10.0 Å². The van der Waals surface area contributed by atoms with Crippen LogP contribution in [0.5, 0.6) is 0 Å². The first-order chi connectivity index (χ1) is 10.1. The molecule has 0 spiro atoms. The summed E-state index contributed by atoms with van der Waals surface area (Å²) in [6.45, 7) is 3.32. The van der Waals surface area contributed by atoms with Gasteiger partial charge in [-0.15, -0.1) is 0 Å². The molecule has 6 nitrogen and oxygen atoms in total. The van der Waals surface area contributed by atoms with Crippen molar-refractivity contribution in [1.82, 2.24) is 14.6 Å². The number of hydrogen-bond donors (Lipinski definition) is 3. The Morgan fingerprint density at radius 3 is 2.81 bits per heavy atom. The zero-order chi connectivity index (χ0) is 14.9. The molecule has 2 heterocycles. The van der Waals surface area contributed by atoms with Crippen LogP contribution in [0.2, 0.25) is 0 Å². The number of aromatic amines is 1. The average molecular weight is 308 g/mol. The molecule has 2 aromatic rings. The van der Waals surface area contributed by atoms with Gasteiger partial charge >= 0.3 is 0 Å². The lowest BCUT2D eigenvalue weighted by molar-refractivity contribution is 0.344. The minimum absolute atomic E-state index is 0.277. The number of nitrogens with zero attached hydrogens (tertiary/aromatic N) is 1. The number of aromatic nitrogens is 1. The molecule has 7 heteroatoms.